The summed E-state index contributed by atoms with van der Waals surface area (Å²) in [5.74, 6) is -0.227. The number of hydrogen-bond acceptors (Lipinski definition) is 3. The number of rotatable bonds is 9. The predicted molar refractivity (Wildman–Crippen MR) is 127 cm³/mol. The molecule has 5 heteroatoms. The van der Waals surface area contributed by atoms with Crippen molar-refractivity contribution in [3.63, 3.8) is 0 Å². The van der Waals surface area contributed by atoms with E-state index in [1.807, 2.05) is 56.3 Å². The summed E-state index contributed by atoms with van der Waals surface area (Å²) in [5.41, 5.74) is 2.60. The zero-order valence-electron chi connectivity index (χ0n) is 19.1. The van der Waals surface area contributed by atoms with Crippen LogP contribution in [0.1, 0.15) is 62.7 Å². The van der Waals surface area contributed by atoms with E-state index in [0.29, 0.717) is 17.9 Å². The van der Waals surface area contributed by atoms with E-state index in [0.717, 1.165) is 30.3 Å². The Hall–Kier alpha value is -2.95. The smallest absolute Gasteiger partial charge is 0.251 e. The summed E-state index contributed by atoms with van der Waals surface area (Å²) in [7, 11) is 0. The monoisotopic (exact) mass is 434 g/mol. The molecule has 1 aliphatic carbocycles. The molecule has 0 unspecified atom stereocenters. The molecule has 1 saturated carbocycles. The topological polar surface area (TPSA) is 75.3 Å². The van der Waals surface area contributed by atoms with E-state index < -0.39 is 12.1 Å². The molecule has 2 aromatic carbocycles. The molecular formula is C27H34N2O3. The van der Waals surface area contributed by atoms with Crippen LogP contribution in [0.25, 0.3) is 11.1 Å². The lowest BCUT2D eigenvalue weighted by Gasteiger charge is -2.27. The van der Waals surface area contributed by atoms with Crippen LogP contribution < -0.4 is 10.6 Å². The molecule has 0 aliphatic heterocycles. The highest BCUT2D eigenvalue weighted by atomic mass is 16.2. The van der Waals surface area contributed by atoms with Gasteiger partial charge in [0.15, 0.2) is 0 Å². The number of hydrogen-bond donors (Lipinski definition) is 2. The van der Waals surface area contributed by atoms with Gasteiger partial charge in [-0.2, -0.15) is 0 Å². The van der Waals surface area contributed by atoms with Gasteiger partial charge in [-0.25, -0.2) is 0 Å². The number of aldehydes is 1. The molecule has 2 atom stereocenters. The zero-order valence-corrected chi connectivity index (χ0v) is 19.1. The summed E-state index contributed by atoms with van der Waals surface area (Å²) < 4.78 is 0. The number of nitrogens with one attached hydrogen (secondary N) is 2. The van der Waals surface area contributed by atoms with Crippen molar-refractivity contribution in [2.45, 2.75) is 64.5 Å². The van der Waals surface area contributed by atoms with E-state index in [1.54, 1.807) is 12.1 Å². The molecule has 0 saturated heterocycles. The Bertz CT molecular complexity index is 887. The molecule has 32 heavy (non-hydrogen) atoms. The van der Waals surface area contributed by atoms with Gasteiger partial charge in [0.25, 0.3) is 5.91 Å². The first-order valence-corrected chi connectivity index (χ1v) is 11.7. The van der Waals surface area contributed by atoms with Crippen LogP contribution in [0.4, 0.5) is 0 Å². The second-order valence-electron chi connectivity index (χ2n) is 9.13. The number of benzene rings is 2. The number of carbonyl (C=O) groups is 3. The highest BCUT2D eigenvalue weighted by Crippen LogP contribution is 2.27. The van der Waals surface area contributed by atoms with Crippen molar-refractivity contribution in [1.29, 1.82) is 0 Å². The summed E-state index contributed by atoms with van der Waals surface area (Å²) in [5, 5.41) is 5.72. The van der Waals surface area contributed by atoms with Crippen molar-refractivity contribution in [3.8, 4) is 11.1 Å². The Balaban J connectivity index is 1.61. The Morgan fingerprint density at radius 1 is 0.906 bits per heavy atom. The van der Waals surface area contributed by atoms with Crippen LogP contribution in [0.2, 0.25) is 0 Å². The summed E-state index contributed by atoms with van der Waals surface area (Å²) in [6.45, 7) is 3.78. The first kappa shape index (κ1) is 23.7. The first-order valence-electron chi connectivity index (χ1n) is 11.7. The summed E-state index contributed by atoms with van der Waals surface area (Å²) in [4.78, 5) is 37.3. The fourth-order valence-corrected chi connectivity index (χ4v) is 4.41. The van der Waals surface area contributed by atoms with Gasteiger partial charge in [-0.05, 0) is 41.5 Å². The van der Waals surface area contributed by atoms with Crippen LogP contribution in [-0.4, -0.2) is 30.2 Å². The third-order valence-corrected chi connectivity index (χ3v) is 6.29. The third kappa shape index (κ3) is 6.52. The molecule has 170 valence electrons. The zero-order chi connectivity index (χ0) is 22.9. The van der Waals surface area contributed by atoms with Crippen molar-refractivity contribution in [2.75, 3.05) is 0 Å². The van der Waals surface area contributed by atoms with Gasteiger partial charge in [-0.1, -0.05) is 88.4 Å². The number of amides is 2. The van der Waals surface area contributed by atoms with Crippen molar-refractivity contribution < 1.29 is 14.4 Å². The molecule has 0 aromatic heterocycles. The Morgan fingerprint density at radius 2 is 1.53 bits per heavy atom. The lowest BCUT2D eigenvalue weighted by molar-refractivity contribution is -0.126. The van der Waals surface area contributed by atoms with Gasteiger partial charge in [0.05, 0.1) is 6.04 Å². The Kier molecular flexibility index (Phi) is 8.60. The van der Waals surface area contributed by atoms with E-state index in [2.05, 4.69) is 10.6 Å². The predicted octanol–water partition coefficient (Wildman–Crippen LogP) is 4.76. The maximum absolute atomic E-state index is 12.9. The fraction of sp³-hybridized carbons (Fsp3) is 0.444. The first-order chi connectivity index (χ1) is 15.5. The molecule has 1 aliphatic rings. The van der Waals surface area contributed by atoms with Gasteiger partial charge in [0, 0.05) is 5.56 Å². The minimum Gasteiger partial charge on any atom is -0.345 e. The third-order valence-electron chi connectivity index (χ3n) is 6.29. The fourth-order valence-electron chi connectivity index (χ4n) is 4.41. The molecule has 0 heterocycles. The molecule has 0 spiro atoms. The van der Waals surface area contributed by atoms with E-state index in [9.17, 15) is 14.4 Å². The average Bonchev–Trinajstić information content (AvgIpc) is 2.83. The average molecular weight is 435 g/mol. The second-order valence-corrected chi connectivity index (χ2v) is 9.13. The molecule has 0 bridgehead atoms. The van der Waals surface area contributed by atoms with E-state index in [4.69, 9.17) is 0 Å². The van der Waals surface area contributed by atoms with Crippen LogP contribution >= 0.6 is 0 Å². The van der Waals surface area contributed by atoms with Gasteiger partial charge < -0.3 is 15.4 Å². The van der Waals surface area contributed by atoms with Gasteiger partial charge in [-0.15, -0.1) is 0 Å². The maximum atomic E-state index is 12.9. The maximum Gasteiger partial charge on any atom is 0.251 e. The van der Waals surface area contributed by atoms with Gasteiger partial charge in [0.2, 0.25) is 5.91 Å². The largest absolute Gasteiger partial charge is 0.345 e. The Labute approximate surface area is 191 Å². The quantitative estimate of drug-likeness (QED) is 0.559. The molecule has 0 radical (unpaired) electrons. The van der Waals surface area contributed by atoms with Crippen molar-refractivity contribution in [2.24, 2.45) is 11.8 Å². The van der Waals surface area contributed by atoms with Crippen LogP contribution in [0.15, 0.2) is 54.6 Å². The normalized spacial score (nSPS) is 16.2. The molecule has 2 amide bonds. The van der Waals surface area contributed by atoms with E-state index >= 15 is 0 Å². The van der Waals surface area contributed by atoms with Crippen LogP contribution in [-0.2, 0) is 9.59 Å². The molecule has 2 aromatic rings. The summed E-state index contributed by atoms with van der Waals surface area (Å²) in [6, 6.07) is 16.1. The van der Waals surface area contributed by atoms with E-state index in [1.165, 1.54) is 19.3 Å². The highest BCUT2D eigenvalue weighted by Gasteiger charge is 2.28. The molecule has 2 N–H and O–H groups in total. The minimum absolute atomic E-state index is 0.107. The lowest BCUT2D eigenvalue weighted by atomic mass is 9.85. The second kappa shape index (κ2) is 11.6. The minimum atomic E-state index is -0.704. The van der Waals surface area contributed by atoms with Crippen molar-refractivity contribution in [3.05, 3.63) is 60.2 Å². The van der Waals surface area contributed by atoms with E-state index in [-0.39, 0.29) is 17.7 Å². The number of carbonyl (C=O) groups excluding carboxylic acids is 3. The van der Waals surface area contributed by atoms with Crippen molar-refractivity contribution >= 4 is 18.1 Å². The molecule has 1 fully saturated rings. The van der Waals surface area contributed by atoms with Crippen molar-refractivity contribution in [1.82, 2.24) is 10.6 Å². The molecule has 5 nitrogen and oxygen atoms in total. The summed E-state index contributed by atoms with van der Waals surface area (Å²) >= 11 is 0. The summed E-state index contributed by atoms with van der Waals surface area (Å²) in [6.07, 6.45) is 7.37. The lowest BCUT2D eigenvalue weighted by Crippen LogP contribution is -2.52. The molecular weight excluding hydrogens is 400 g/mol. The Morgan fingerprint density at radius 3 is 2.12 bits per heavy atom. The van der Waals surface area contributed by atoms with Crippen LogP contribution in [0.5, 0.6) is 0 Å². The van der Waals surface area contributed by atoms with Gasteiger partial charge in [0.1, 0.15) is 12.3 Å². The van der Waals surface area contributed by atoms with Gasteiger partial charge >= 0.3 is 0 Å². The van der Waals surface area contributed by atoms with Crippen LogP contribution in [0.3, 0.4) is 0 Å². The van der Waals surface area contributed by atoms with Gasteiger partial charge in [-0.3, -0.25) is 9.59 Å². The SMILES string of the molecule is CC(C)[C@H](NC(=O)c1ccc(-c2ccccc2)cc1)C(=O)N[C@H](C=O)CC1CCCCC1. The van der Waals surface area contributed by atoms with Crippen LogP contribution in [0, 0.1) is 11.8 Å². The molecule has 3 rings (SSSR count). The highest BCUT2D eigenvalue weighted by molar-refractivity contribution is 5.98. The standard InChI is InChI=1S/C27H34N2O3/c1-19(2)25(27(32)28-24(18-30)17-20-9-5-3-6-10-20)29-26(31)23-15-13-22(14-16-23)21-11-7-4-8-12-21/h4,7-8,11-16,18-20,24-25H,3,5-6,9-10,17H2,1-2H3,(H,28,32)(H,29,31)/t24-,25-/m0/s1.